The van der Waals surface area contributed by atoms with E-state index in [1.165, 1.54) is 7.11 Å². The molecule has 2 saturated heterocycles. The standard InChI is InChI=1S/C36H49N5O9/c1-3-50-30-17-29(33(47)49-2)28(24-4-5-24)16-26(30)19-40-14-10-35(11-15-40)18-31(45)41(20-35)27-8-6-25(7-9-27)32(46)37-12-13-38-34(48)39-36(21-42,22-43)23-44/h6-9,16-17,24,42-44H,3-5,10-15,18-23H2,1-2H3,(H,37,46)(H2,38,39,48). The molecule has 0 aromatic heterocycles. The maximum Gasteiger partial charge on any atom is 0.338 e. The van der Waals surface area contributed by atoms with Gasteiger partial charge in [-0.15, -0.1) is 0 Å². The number of aliphatic hydroxyl groups is 3. The van der Waals surface area contributed by atoms with Crippen LogP contribution in [0, 0.1) is 5.41 Å². The maximum atomic E-state index is 13.2. The van der Waals surface area contributed by atoms with Crippen molar-refractivity contribution in [3.05, 3.63) is 58.7 Å². The molecule has 1 spiro atoms. The Balaban J connectivity index is 1.12. The Morgan fingerprint density at radius 3 is 2.24 bits per heavy atom. The lowest BCUT2D eigenvalue weighted by Crippen LogP contribution is -2.59. The SMILES string of the molecule is CCOc1cc(C(=O)OC)c(C2CC2)cc1CN1CCC2(CC1)CC(=O)N(c1ccc(C(=O)NCCNC(=O)NC(CO)(CO)CO)cc1)C2. The highest BCUT2D eigenvalue weighted by Crippen LogP contribution is 2.45. The highest BCUT2D eigenvalue weighted by atomic mass is 16.5. The summed E-state index contributed by atoms with van der Waals surface area (Å²) in [6.45, 7) is 3.69. The van der Waals surface area contributed by atoms with Gasteiger partial charge in [0.15, 0.2) is 0 Å². The maximum absolute atomic E-state index is 13.2. The normalized spacial score (nSPS) is 17.5. The molecule has 14 heteroatoms. The first-order chi connectivity index (χ1) is 24.1. The smallest absolute Gasteiger partial charge is 0.338 e. The summed E-state index contributed by atoms with van der Waals surface area (Å²) in [6, 6.07) is 10.1. The van der Waals surface area contributed by atoms with Crippen molar-refractivity contribution in [2.24, 2.45) is 5.41 Å². The van der Waals surface area contributed by atoms with Crippen molar-refractivity contribution < 1.29 is 44.0 Å². The summed E-state index contributed by atoms with van der Waals surface area (Å²) in [5.41, 5.74) is 2.17. The molecule has 2 aliphatic heterocycles. The molecule has 272 valence electrons. The van der Waals surface area contributed by atoms with E-state index in [1.54, 1.807) is 24.3 Å². The number of nitrogens with one attached hydrogen (secondary N) is 3. The van der Waals surface area contributed by atoms with E-state index in [9.17, 15) is 34.5 Å². The molecule has 3 aliphatic rings. The molecule has 1 saturated carbocycles. The lowest BCUT2D eigenvalue weighted by molar-refractivity contribution is -0.118. The summed E-state index contributed by atoms with van der Waals surface area (Å²) in [4.78, 5) is 54.7. The Labute approximate surface area is 292 Å². The number of carbonyl (C=O) groups excluding carboxylic acids is 4. The van der Waals surface area contributed by atoms with Gasteiger partial charge < -0.3 is 45.6 Å². The van der Waals surface area contributed by atoms with Crippen LogP contribution >= 0.6 is 0 Å². The number of urea groups is 1. The number of rotatable bonds is 15. The molecule has 4 amide bonds. The average molecular weight is 696 g/mol. The number of amides is 4. The zero-order valence-electron chi connectivity index (χ0n) is 28.8. The second-order valence-electron chi connectivity index (χ2n) is 13.6. The van der Waals surface area contributed by atoms with Gasteiger partial charge in [0, 0.05) is 49.4 Å². The predicted octanol–water partition coefficient (Wildman–Crippen LogP) is 1.51. The molecular weight excluding hydrogens is 646 g/mol. The molecule has 0 atom stereocenters. The molecule has 2 aromatic carbocycles. The number of likely N-dealkylation sites (tertiary alicyclic amines) is 1. The van der Waals surface area contributed by atoms with Gasteiger partial charge >= 0.3 is 12.0 Å². The van der Waals surface area contributed by atoms with Crippen LogP contribution in [0.25, 0.3) is 0 Å². The van der Waals surface area contributed by atoms with Crippen molar-refractivity contribution in [3.8, 4) is 5.75 Å². The van der Waals surface area contributed by atoms with Crippen molar-refractivity contribution in [3.63, 3.8) is 0 Å². The molecule has 2 heterocycles. The Bertz CT molecular complexity index is 1520. The summed E-state index contributed by atoms with van der Waals surface area (Å²) in [5, 5.41) is 35.5. The first kappa shape index (κ1) is 37.0. The number of hydrogen-bond acceptors (Lipinski definition) is 10. The lowest BCUT2D eigenvalue weighted by Gasteiger charge is -2.39. The fourth-order valence-corrected chi connectivity index (χ4v) is 6.77. The topological polar surface area (TPSA) is 190 Å². The Morgan fingerprint density at radius 2 is 1.64 bits per heavy atom. The third-order valence-corrected chi connectivity index (χ3v) is 10.0. The minimum Gasteiger partial charge on any atom is -0.494 e. The van der Waals surface area contributed by atoms with E-state index < -0.39 is 31.4 Å². The van der Waals surface area contributed by atoms with Gasteiger partial charge in [-0.25, -0.2) is 9.59 Å². The van der Waals surface area contributed by atoms with E-state index in [-0.39, 0.29) is 36.3 Å². The number of benzene rings is 2. The van der Waals surface area contributed by atoms with E-state index in [2.05, 4.69) is 26.9 Å². The van der Waals surface area contributed by atoms with Crippen LogP contribution in [0.2, 0.25) is 0 Å². The summed E-state index contributed by atoms with van der Waals surface area (Å²) in [5.74, 6) is 0.479. The van der Waals surface area contributed by atoms with E-state index in [0.717, 1.165) is 55.6 Å². The monoisotopic (exact) mass is 695 g/mol. The highest BCUT2D eigenvalue weighted by Gasteiger charge is 2.45. The number of aliphatic hydroxyl groups excluding tert-OH is 3. The van der Waals surface area contributed by atoms with Crippen LogP contribution < -0.4 is 25.6 Å². The minimum atomic E-state index is -1.54. The van der Waals surface area contributed by atoms with Crippen LogP contribution in [0.5, 0.6) is 5.75 Å². The summed E-state index contributed by atoms with van der Waals surface area (Å²) in [7, 11) is 1.40. The minimum absolute atomic E-state index is 0.0683. The molecule has 5 rings (SSSR count). The molecule has 0 radical (unpaired) electrons. The van der Waals surface area contributed by atoms with Crippen molar-refractivity contribution >= 4 is 29.5 Å². The van der Waals surface area contributed by atoms with Gasteiger partial charge in [0.2, 0.25) is 5.91 Å². The largest absolute Gasteiger partial charge is 0.494 e. The van der Waals surface area contributed by atoms with Crippen LogP contribution in [-0.4, -0.2) is 116 Å². The first-order valence-electron chi connectivity index (χ1n) is 17.3. The van der Waals surface area contributed by atoms with Crippen LogP contribution in [0.4, 0.5) is 10.5 Å². The number of anilines is 1. The summed E-state index contributed by atoms with van der Waals surface area (Å²) < 4.78 is 11.0. The molecule has 2 aromatic rings. The number of hydrogen-bond donors (Lipinski definition) is 6. The predicted molar refractivity (Wildman–Crippen MR) is 184 cm³/mol. The van der Waals surface area contributed by atoms with Crippen LogP contribution in [0.1, 0.15) is 76.8 Å². The molecule has 3 fully saturated rings. The van der Waals surface area contributed by atoms with Gasteiger partial charge in [-0.3, -0.25) is 14.5 Å². The number of esters is 1. The third kappa shape index (κ3) is 8.55. The Morgan fingerprint density at radius 1 is 0.980 bits per heavy atom. The van der Waals surface area contributed by atoms with Crippen molar-refractivity contribution in [2.45, 2.75) is 57.0 Å². The second-order valence-corrected chi connectivity index (χ2v) is 13.6. The van der Waals surface area contributed by atoms with Gasteiger partial charge in [0.25, 0.3) is 5.91 Å². The van der Waals surface area contributed by atoms with E-state index in [4.69, 9.17) is 9.47 Å². The van der Waals surface area contributed by atoms with Crippen molar-refractivity contribution in [2.75, 3.05) is 71.2 Å². The third-order valence-electron chi connectivity index (χ3n) is 10.0. The zero-order valence-corrected chi connectivity index (χ0v) is 28.8. The van der Waals surface area contributed by atoms with Gasteiger partial charge in [-0.05, 0) is 99.0 Å². The van der Waals surface area contributed by atoms with Crippen molar-refractivity contribution in [1.29, 1.82) is 0 Å². The van der Waals surface area contributed by atoms with Gasteiger partial charge in [0.1, 0.15) is 11.3 Å². The summed E-state index contributed by atoms with van der Waals surface area (Å²) in [6.07, 6.45) is 4.36. The molecule has 50 heavy (non-hydrogen) atoms. The fourth-order valence-electron chi connectivity index (χ4n) is 6.77. The zero-order chi connectivity index (χ0) is 35.9. The quantitative estimate of drug-likeness (QED) is 0.118. The van der Waals surface area contributed by atoms with Gasteiger partial charge in [-0.1, -0.05) is 0 Å². The average Bonchev–Trinajstić information content (AvgIpc) is 3.93. The van der Waals surface area contributed by atoms with Crippen molar-refractivity contribution in [1.82, 2.24) is 20.9 Å². The van der Waals surface area contributed by atoms with Gasteiger partial charge in [-0.2, -0.15) is 0 Å². The molecule has 0 bridgehead atoms. The molecule has 14 nitrogen and oxygen atoms in total. The molecular formula is C36H49N5O9. The Hall–Kier alpha value is -4.24. The summed E-state index contributed by atoms with van der Waals surface area (Å²) >= 11 is 0. The van der Waals surface area contributed by atoms with Gasteiger partial charge in [0.05, 0.1) is 39.1 Å². The fraction of sp³-hybridized carbons (Fsp3) is 0.556. The molecule has 6 N–H and O–H groups in total. The van der Waals surface area contributed by atoms with Crippen LogP contribution in [0.3, 0.4) is 0 Å². The number of piperidine rings is 1. The van der Waals surface area contributed by atoms with Crippen LogP contribution in [-0.2, 0) is 16.1 Å². The highest BCUT2D eigenvalue weighted by molar-refractivity contribution is 5.98. The lowest BCUT2D eigenvalue weighted by atomic mass is 9.77. The van der Waals surface area contributed by atoms with E-state index in [0.29, 0.717) is 48.9 Å². The Kier molecular flexibility index (Phi) is 12.0. The van der Waals surface area contributed by atoms with E-state index >= 15 is 0 Å². The molecule has 0 unspecified atom stereocenters. The second kappa shape index (κ2) is 16.2. The molecule has 1 aliphatic carbocycles. The number of nitrogens with zero attached hydrogens (tertiary/aromatic N) is 2. The number of carbonyl (C=O) groups is 4. The number of ether oxygens (including phenoxy) is 2. The number of methoxy groups -OCH3 is 1. The van der Waals surface area contributed by atoms with E-state index in [1.807, 2.05) is 17.9 Å². The van der Waals surface area contributed by atoms with Crippen LogP contribution in [0.15, 0.2) is 36.4 Å². The first-order valence-corrected chi connectivity index (χ1v) is 17.3.